The molecule has 1 saturated heterocycles. The summed E-state index contributed by atoms with van der Waals surface area (Å²) in [6.45, 7) is 2.68. The van der Waals surface area contributed by atoms with Gasteiger partial charge >= 0.3 is 0 Å². The van der Waals surface area contributed by atoms with Crippen LogP contribution < -0.4 is 0 Å². The molecule has 1 heteroatoms. The van der Waals surface area contributed by atoms with Crippen molar-refractivity contribution in [2.75, 3.05) is 13.1 Å². The molecule has 4 fully saturated rings. The number of nitrogens with zero attached hydrogens (tertiary/aromatic N) is 1. The molecular weight excluding hydrogens is 206 g/mol. The minimum absolute atomic E-state index is 0.701. The first-order valence-corrected chi connectivity index (χ1v) is 7.16. The SMILES string of the molecule is c1ccc(C2CCN(C34CC(C3)C4)CC2)cc1. The van der Waals surface area contributed by atoms with E-state index in [4.69, 9.17) is 0 Å². The molecule has 3 aliphatic carbocycles. The molecule has 0 aromatic heterocycles. The quantitative estimate of drug-likeness (QED) is 0.748. The Labute approximate surface area is 104 Å². The molecule has 1 aromatic rings. The van der Waals surface area contributed by atoms with Crippen LogP contribution in [-0.2, 0) is 0 Å². The highest BCUT2D eigenvalue weighted by Crippen LogP contribution is 2.61. The monoisotopic (exact) mass is 227 g/mol. The Morgan fingerprint density at radius 1 is 0.941 bits per heavy atom. The first-order chi connectivity index (χ1) is 8.36. The van der Waals surface area contributed by atoms with Crippen LogP contribution in [0.1, 0.15) is 43.6 Å². The van der Waals surface area contributed by atoms with Crippen molar-refractivity contribution in [3.63, 3.8) is 0 Å². The lowest BCUT2D eigenvalue weighted by Crippen LogP contribution is -2.69. The van der Waals surface area contributed by atoms with Crippen molar-refractivity contribution in [3.05, 3.63) is 35.9 Å². The molecule has 1 heterocycles. The van der Waals surface area contributed by atoms with Crippen molar-refractivity contribution in [2.24, 2.45) is 5.92 Å². The maximum absolute atomic E-state index is 2.81. The van der Waals surface area contributed by atoms with Gasteiger partial charge in [-0.15, -0.1) is 0 Å². The van der Waals surface area contributed by atoms with E-state index in [1.165, 1.54) is 45.2 Å². The van der Waals surface area contributed by atoms with Crippen molar-refractivity contribution in [1.82, 2.24) is 4.90 Å². The van der Waals surface area contributed by atoms with Crippen LogP contribution in [0.15, 0.2) is 30.3 Å². The lowest BCUT2D eigenvalue weighted by atomic mass is 9.49. The van der Waals surface area contributed by atoms with Crippen LogP contribution in [0.3, 0.4) is 0 Å². The zero-order valence-corrected chi connectivity index (χ0v) is 10.4. The van der Waals surface area contributed by atoms with Crippen LogP contribution >= 0.6 is 0 Å². The van der Waals surface area contributed by atoms with Gasteiger partial charge in [-0.25, -0.2) is 0 Å². The molecule has 0 spiro atoms. The summed E-state index contributed by atoms with van der Waals surface area (Å²) in [4.78, 5) is 2.81. The smallest absolute Gasteiger partial charge is 0.0217 e. The van der Waals surface area contributed by atoms with E-state index < -0.39 is 0 Å². The predicted molar refractivity (Wildman–Crippen MR) is 70.1 cm³/mol. The molecule has 0 amide bonds. The Morgan fingerprint density at radius 3 is 2.12 bits per heavy atom. The van der Waals surface area contributed by atoms with E-state index in [-0.39, 0.29) is 0 Å². The first-order valence-electron chi connectivity index (χ1n) is 7.16. The van der Waals surface area contributed by atoms with E-state index in [0.29, 0.717) is 5.54 Å². The minimum atomic E-state index is 0.701. The molecule has 0 unspecified atom stereocenters. The fraction of sp³-hybridized carbons (Fsp3) is 0.625. The number of rotatable bonds is 2. The standard InChI is InChI=1S/C16H21N/c1-2-4-14(5-3-1)15-6-8-17(9-7-15)16-10-13(11-16)12-16/h1-5,13,15H,6-12H2. The van der Waals surface area contributed by atoms with Gasteiger partial charge in [0.15, 0.2) is 0 Å². The summed E-state index contributed by atoms with van der Waals surface area (Å²) in [5, 5.41) is 0. The van der Waals surface area contributed by atoms with Gasteiger partial charge in [0, 0.05) is 5.54 Å². The van der Waals surface area contributed by atoms with Crippen molar-refractivity contribution in [3.8, 4) is 0 Å². The van der Waals surface area contributed by atoms with Crippen LogP contribution in [0.4, 0.5) is 0 Å². The van der Waals surface area contributed by atoms with E-state index in [9.17, 15) is 0 Å². The number of piperidine rings is 1. The highest BCUT2D eigenvalue weighted by molar-refractivity contribution is 5.21. The average molecular weight is 227 g/mol. The lowest BCUT2D eigenvalue weighted by molar-refractivity contribution is -0.150. The first kappa shape index (κ1) is 10.1. The molecule has 4 aliphatic rings. The van der Waals surface area contributed by atoms with Gasteiger partial charge in [-0.05, 0) is 62.6 Å². The number of benzene rings is 1. The van der Waals surface area contributed by atoms with Crippen molar-refractivity contribution in [2.45, 2.75) is 43.6 Å². The van der Waals surface area contributed by atoms with Crippen molar-refractivity contribution >= 4 is 0 Å². The second kappa shape index (κ2) is 3.58. The highest BCUT2D eigenvalue weighted by atomic mass is 15.2. The largest absolute Gasteiger partial charge is 0.298 e. The molecule has 0 N–H and O–H groups in total. The molecule has 1 aliphatic heterocycles. The average Bonchev–Trinajstić information content (AvgIpc) is 2.27. The number of hydrogen-bond acceptors (Lipinski definition) is 1. The molecule has 3 saturated carbocycles. The predicted octanol–water partition coefficient (Wildman–Crippen LogP) is 3.42. The summed E-state index contributed by atoms with van der Waals surface area (Å²) >= 11 is 0. The summed E-state index contributed by atoms with van der Waals surface area (Å²) in [5.41, 5.74) is 2.26. The summed E-state index contributed by atoms with van der Waals surface area (Å²) < 4.78 is 0. The normalized spacial score (nSPS) is 37.3. The molecule has 1 aromatic carbocycles. The third kappa shape index (κ3) is 1.48. The van der Waals surface area contributed by atoms with Crippen LogP contribution in [0.5, 0.6) is 0 Å². The Kier molecular flexibility index (Phi) is 2.14. The van der Waals surface area contributed by atoms with E-state index in [1.54, 1.807) is 5.56 Å². The van der Waals surface area contributed by atoms with Crippen LogP contribution in [0.2, 0.25) is 0 Å². The van der Waals surface area contributed by atoms with Gasteiger partial charge in [-0.2, -0.15) is 0 Å². The van der Waals surface area contributed by atoms with Gasteiger partial charge in [0.25, 0.3) is 0 Å². The van der Waals surface area contributed by atoms with E-state index in [2.05, 4.69) is 35.2 Å². The molecule has 17 heavy (non-hydrogen) atoms. The van der Waals surface area contributed by atoms with Crippen LogP contribution in [0, 0.1) is 5.92 Å². The van der Waals surface area contributed by atoms with Gasteiger partial charge in [-0.1, -0.05) is 30.3 Å². The van der Waals surface area contributed by atoms with E-state index >= 15 is 0 Å². The van der Waals surface area contributed by atoms with Crippen LogP contribution in [0.25, 0.3) is 0 Å². The van der Waals surface area contributed by atoms with Crippen LogP contribution in [-0.4, -0.2) is 23.5 Å². The lowest BCUT2D eigenvalue weighted by Gasteiger charge is -2.67. The second-order valence-electron chi connectivity index (χ2n) is 6.37. The number of likely N-dealkylation sites (tertiary alicyclic amines) is 1. The molecule has 5 rings (SSSR count). The summed E-state index contributed by atoms with van der Waals surface area (Å²) in [5.74, 6) is 1.93. The molecule has 90 valence electrons. The molecule has 0 atom stereocenters. The molecule has 2 bridgehead atoms. The Bertz CT molecular complexity index is 386. The maximum atomic E-state index is 2.81. The Morgan fingerprint density at radius 2 is 1.59 bits per heavy atom. The topological polar surface area (TPSA) is 3.24 Å². The third-order valence-corrected chi connectivity index (χ3v) is 5.44. The summed E-state index contributed by atoms with van der Waals surface area (Å²) in [7, 11) is 0. The second-order valence-corrected chi connectivity index (χ2v) is 6.37. The van der Waals surface area contributed by atoms with Gasteiger partial charge in [-0.3, -0.25) is 4.90 Å². The molecule has 0 radical (unpaired) electrons. The fourth-order valence-electron chi connectivity index (χ4n) is 4.23. The highest BCUT2D eigenvalue weighted by Gasteiger charge is 2.59. The molecular formula is C16H21N. The minimum Gasteiger partial charge on any atom is -0.298 e. The van der Waals surface area contributed by atoms with E-state index in [0.717, 1.165) is 11.8 Å². The zero-order valence-electron chi connectivity index (χ0n) is 10.4. The maximum Gasteiger partial charge on any atom is 0.0217 e. The summed E-state index contributed by atoms with van der Waals surface area (Å²) in [6, 6.07) is 11.1. The van der Waals surface area contributed by atoms with Crippen molar-refractivity contribution < 1.29 is 0 Å². The van der Waals surface area contributed by atoms with Gasteiger partial charge in [0.05, 0.1) is 0 Å². The van der Waals surface area contributed by atoms with Gasteiger partial charge in [0.1, 0.15) is 0 Å². The molecule has 1 nitrogen and oxygen atoms in total. The number of hydrogen-bond donors (Lipinski definition) is 0. The Balaban J connectivity index is 1.41. The fourth-order valence-corrected chi connectivity index (χ4v) is 4.23. The van der Waals surface area contributed by atoms with Crippen molar-refractivity contribution in [1.29, 1.82) is 0 Å². The Hall–Kier alpha value is -0.820. The zero-order chi connectivity index (χ0) is 11.3. The van der Waals surface area contributed by atoms with Gasteiger partial charge in [0.2, 0.25) is 0 Å². The van der Waals surface area contributed by atoms with Gasteiger partial charge < -0.3 is 0 Å². The summed E-state index contributed by atoms with van der Waals surface area (Å²) in [6.07, 6.45) is 7.29. The third-order valence-electron chi connectivity index (χ3n) is 5.44. The van der Waals surface area contributed by atoms with E-state index in [1.807, 2.05) is 0 Å².